The topological polar surface area (TPSA) is 79.0 Å². The molecule has 0 unspecified atom stereocenters. The molecule has 2 aromatic rings. The molecule has 0 amide bonds. The zero-order valence-corrected chi connectivity index (χ0v) is 15.5. The van der Waals surface area contributed by atoms with Gasteiger partial charge in [-0.3, -0.25) is 0 Å². The van der Waals surface area contributed by atoms with E-state index in [1.807, 2.05) is 18.7 Å². The summed E-state index contributed by atoms with van der Waals surface area (Å²) in [5.74, 6) is 1.38. The highest BCUT2D eigenvalue weighted by Crippen LogP contribution is 2.38. The van der Waals surface area contributed by atoms with Crippen LogP contribution in [0, 0.1) is 29.1 Å². The van der Waals surface area contributed by atoms with Gasteiger partial charge in [-0.2, -0.15) is 10.2 Å². The van der Waals surface area contributed by atoms with Gasteiger partial charge in [0.1, 0.15) is 11.6 Å². The Bertz CT molecular complexity index is 846. The van der Waals surface area contributed by atoms with Crippen LogP contribution in [0.15, 0.2) is 24.3 Å². The quantitative estimate of drug-likeness (QED) is 0.813. The summed E-state index contributed by atoms with van der Waals surface area (Å²) < 4.78 is 20.9. The van der Waals surface area contributed by atoms with Crippen molar-refractivity contribution in [1.29, 1.82) is 5.26 Å². The van der Waals surface area contributed by atoms with Crippen molar-refractivity contribution in [3.8, 4) is 18.0 Å². The third-order valence-electron chi connectivity index (χ3n) is 5.37. The monoisotopic (exact) mass is 370 g/mol. The van der Waals surface area contributed by atoms with Gasteiger partial charge in [0, 0.05) is 25.2 Å². The molecule has 2 bridgehead atoms. The van der Waals surface area contributed by atoms with Crippen molar-refractivity contribution < 1.29 is 9.13 Å². The smallest absolute Gasteiger partial charge is 0.322 e. The molecule has 7 nitrogen and oxygen atoms in total. The van der Waals surface area contributed by atoms with E-state index in [4.69, 9.17) is 4.74 Å². The van der Waals surface area contributed by atoms with Crippen molar-refractivity contribution in [2.75, 3.05) is 18.4 Å². The fraction of sp³-hybridized carbons (Fsp3) is 0.526. The Morgan fingerprint density at radius 2 is 2.04 bits per heavy atom. The second-order valence-corrected chi connectivity index (χ2v) is 7.59. The van der Waals surface area contributed by atoms with Crippen LogP contribution < -0.4 is 10.1 Å². The number of aromatic nitrogens is 3. The lowest BCUT2D eigenvalue weighted by molar-refractivity contribution is 0.217. The van der Waals surface area contributed by atoms with Gasteiger partial charge in [-0.05, 0) is 50.7 Å². The molecule has 3 atom stereocenters. The molecule has 2 aliphatic rings. The lowest BCUT2D eigenvalue weighted by Crippen LogP contribution is -2.46. The lowest BCUT2D eigenvalue weighted by Gasteiger charge is -2.35. The molecule has 4 rings (SSSR count). The summed E-state index contributed by atoms with van der Waals surface area (Å²) in [7, 11) is 0. The molecule has 2 fully saturated rings. The van der Waals surface area contributed by atoms with Crippen molar-refractivity contribution in [2.45, 2.75) is 38.8 Å². The van der Waals surface area contributed by atoms with Crippen molar-refractivity contribution >= 4 is 5.95 Å². The Morgan fingerprint density at radius 3 is 2.67 bits per heavy atom. The zero-order chi connectivity index (χ0) is 19.0. The average molecular weight is 370 g/mol. The van der Waals surface area contributed by atoms with Crippen LogP contribution in [0.25, 0.3) is 0 Å². The second-order valence-electron chi connectivity index (χ2n) is 7.59. The number of fused-ring (bicyclic) bond motifs is 2. The molecule has 1 aromatic carbocycles. The summed E-state index contributed by atoms with van der Waals surface area (Å²) in [6, 6.07) is 6.63. The molecule has 1 aromatic heterocycles. The molecular weight excluding hydrogens is 347 g/mol. The van der Waals surface area contributed by atoms with E-state index in [1.54, 1.807) is 16.8 Å². The van der Waals surface area contributed by atoms with E-state index in [9.17, 15) is 9.65 Å². The first-order valence-electron chi connectivity index (χ1n) is 9.34. The Labute approximate surface area is 157 Å². The molecular formula is C19H23FN6O. The first-order valence-corrected chi connectivity index (χ1v) is 9.34. The Morgan fingerprint density at radius 1 is 1.30 bits per heavy atom. The van der Waals surface area contributed by atoms with Gasteiger partial charge in [0.25, 0.3) is 0 Å². The fourth-order valence-corrected chi connectivity index (χ4v) is 4.10. The number of anilines is 1. The van der Waals surface area contributed by atoms with Crippen molar-refractivity contribution in [3.63, 3.8) is 0 Å². The fourth-order valence-electron chi connectivity index (χ4n) is 4.10. The van der Waals surface area contributed by atoms with Gasteiger partial charge in [-0.1, -0.05) is 6.07 Å². The average Bonchev–Trinajstić information content (AvgIpc) is 3.12. The maximum Gasteiger partial charge on any atom is 0.322 e. The highest BCUT2D eigenvalue weighted by atomic mass is 19.1. The number of nitrogens with one attached hydrogen (secondary N) is 1. The molecule has 0 spiro atoms. The van der Waals surface area contributed by atoms with Crippen LogP contribution in [0.1, 0.15) is 32.7 Å². The first-order chi connectivity index (χ1) is 13.0. The van der Waals surface area contributed by atoms with Gasteiger partial charge in [-0.25, -0.2) is 9.07 Å². The third-order valence-corrected chi connectivity index (χ3v) is 5.37. The van der Waals surface area contributed by atoms with Gasteiger partial charge < -0.3 is 15.0 Å². The molecule has 1 aliphatic heterocycles. The number of halogens is 1. The van der Waals surface area contributed by atoms with E-state index in [0.29, 0.717) is 29.5 Å². The maximum absolute atomic E-state index is 13.4. The Kier molecular flexibility index (Phi) is 4.60. The van der Waals surface area contributed by atoms with Crippen LogP contribution in [0.4, 0.5) is 10.3 Å². The summed E-state index contributed by atoms with van der Waals surface area (Å²) in [6.45, 7) is 5.54. The van der Waals surface area contributed by atoms with Crippen LogP contribution >= 0.6 is 0 Å². The van der Waals surface area contributed by atoms with Crippen LogP contribution in [0.2, 0.25) is 0 Å². The maximum atomic E-state index is 13.4. The summed E-state index contributed by atoms with van der Waals surface area (Å²) in [6.07, 6.45) is 4.49. The molecule has 8 heteroatoms. The summed E-state index contributed by atoms with van der Waals surface area (Å²) in [5.41, 5.74) is 0. The van der Waals surface area contributed by atoms with E-state index < -0.39 is 0 Å². The van der Waals surface area contributed by atoms with E-state index in [0.717, 1.165) is 25.9 Å². The molecule has 2 heterocycles. The van der Waals surface area contributed by atoms with Gasteiger partial charge in [-0.15, -0.1) is 5.10 Å². The number of piperidine rings is 1. The predicted molar refractivity (Wildman–Crippen MR) is 97.7 cm³/mol. The molecule has 0 radical (unpaired) electrons. The highest BCUT2D eigenvalue weighted by molar-refractivity contribution is 5.32. The van der Waals surface area contributed by atoms with Gasteiger partial charge >= 0.3 is 6.01 Å². The minimum atomic E-state index is -0.359. The van der Waals surface area contributed by atoms with E-state index in [2.05, 4.69) is 21.6 Å². The minimum absolute atomic E-state index is 0.0498. The zero-order valence-electron chi connectivity index (χ0n) is 15.5. The number of hydrogen-bond donors (Lipinski definition) is 1. The molecule has 27 heavy (non-hydrogen) atoms. The number of rotatable bonds is 5. The predicted octanol–water partition coefficient (Wildman–Crippen LogP) is 3.39. The van der Waals surface area contributed by atoms with Gasteiger partial charge in [0.2, 0.25) is 5.95 Å². The highest BCUT2D eigenvalue weighted by Gasteiger charge is 2.42. The van der Waals surface area contributed by atoms with Crippen molar-refractivity contribution in [1.82, 2.24) is 19.7 Å². The molecule has 1 saturated carbocycles. The van der Waals surface area contributed by atoms with Crippen LogP contribution in [0.3, 0.4) is 0 Å². The minimum Gasteiger partial charge on any atom is -0.424 e. The molecule has 1 N–H and O–H groups in total. The van der Waals surface area contributed by atoms with E-state index in [-0.39, 0.29) is 17.9 Å². The molecule has 1 saturated heterocycles. The van der Waals surface area contributed by atoms with Crippen LogP contribution in [-0.4, -0.2) is 38.8 Å². The summed E-state index contributed by atoms with van der Waals surface area (Å²) in [5, 5.41) is 17.2. The number of benzene rings is 1. The summed E-state index contributed by atoms with van der Waals surface area (Å²) in [4.78, 5) is 6.35. The first kappa shape index (κ1) is 17.6. The van der Waals surface area contributed by atoms with E-state index >= 15 is 0 Å². The largest absolute Gasteiger partial charge is 0.424 e. The summed E-state index contributed by atoms with van der Waals surface area (Å²) >= 11 is 0. The van der Waals surface area contributed by atoms with Crippen LogP contribution in [-0.2, 0) is 0 Å². The number of likely N-dealkylation sites (tertiary alicyclic amines) is 1. The van der Waals surface area contributed by atoms with Gasteiger partial charge in [0.05, 0.1) is 6.04 Å². The van der Waals surface area contributed by atoms with Crippen LogP contribution in [0.5, 0.6) is 11.8 Å². The van der Waals surface area contributed by atoms with Crippen molar-refractivity contribution in [2.24, 2.45) is 11.8 Å². The number of ether oxygens (including phenoxy) is 1. The molecule has 1 aliphatic carbocycles. The lowest BCUT2D eigenvalue weighted by atomic mass is 9.92. The standard InChI is InChI=1S/C19H23FN6O/c1-12(2)26-19(27-16-5-3-4-15(20)8-16)23-18(24-26)22-17-13-6-7-14(17)10-25(9-13)11-21/h3-5,8,12-14,17H,6-7,9-10H2,1-2H3,(H,22,24)/t13-,14+,17+. The number of nitriles is 1. The normalized spacial score (nSPS) is 24.1. The SMILES string of the molecule is CC(C)n1nc(N[C@H]2[C@@H]3CC[C@H]2CN(C#N)C3)nc1Oc1cccc(F)c1. The van der Waals surface area contributed by atoms with Gasteiger partial charge in [0.15, 0.2) is 6.19 Å². The molecule has 142 valence electrons. The van der Waals surface area contributed by atoms with E-state index in [1.165, 1.54) is 12.1 Å². The third kappa shape index (κ3) is 3.54. The number of nitrogens with zero attached hydrogens (tertiary/aromatic N) is 5. The Hall–Kier alpha value is -2.82. The van der Waals surface area contributed by atoms with Crippen molar-refractivity contribution in [3.05, 3.63) is 30.1 Å². The number of hydrogen-bond acceptors (Lipinski definition) is 6. The second kappa shape index (κ2) is 7.06. The Balaban J connectivity index is 1.53.